The van der Waals surface area contributed by atoms with Crippen molar-refractivity contribution in [1.82, 2.24) is 10.6 Å². The largest absolute Gasteiger partial charge is 0.371 e. The fourth-order valence-corrected chi connectivity index (χ4v) is 6.48. The van der Waals surface area contributed by atoms with E-state index < -0.39 is 0 Å². The number of aliphatic imine (C=N–C) groups is 1. The molecule has 0 fully saturated rings. The summed E-state index contributed by atoms with van der Waals surface area (Å²) in [7, 11) is 0. The van der Waals surface area contributed by atoms with Crippen molar-refractivity contribution in [2.24, 2.45) is 10.4 Å². The number of hydrogen-bond acceptors (Lipinski definition) is 3. The molecule has 0 radical (unpaired) electrons. The van der Waals surface area contributed by atoms with Crippen LogP contribution in [-0.2, 0) is 4.79 Å². The summed E-state index contributed by atoms with van der Waals surface area (Å²) in [5.41, 5.74) is -0.0132. The van der Waals surface area contributed by atoms with Gasteiger partial charge < -0.3 is 10.6 Å². The molecule has 0 bridgehead atoms. The number of rotatable bonds is 31. The van der Waals surface area contributed by atoms with Gasteiger partial charge in [-0.1, -0.05) is 175 Å². The third-order valence-electron chi connectivity index (χ3n) is 9.49. The summed E-state index contributed by atoms with van der Waals surface area (Å²) >= 11 is 0. The van der Waals surface area contributed by atoms with E-state index in [1.807, 2.05) is 0 Å². The molecule has 0 spiro atoms. The zero-order chi connectivity index (χ0) is 29.7. The van der Waals surface area contributed by atoms with Gasteiger partial charge in [0.15, 0.2) is 0 Å². The first-order valence-electron chi connectivity index (χ1n) is 18.7. The molecular formula is C37H73N3O. The van der Waals surface area contributed by atoms with Crippen LogP contribution in [0.15, 0.2) is 4.99 Å². The number of unbranched alkanes of at least 4 members (excludes halogenated alkanes) is 23. The molecule has 1 atom stereocenters. The predicted molar refractivity (Wildman–Crippen MR) is 182 cm³/mol. The summed E-state index contributed by atoms with van der Waals surface area (Å²) in [5, 5.41) is 6.89. The normalized spacial score (nSPS) is 14.6. The SMILES string of the molecule is CCCCCCCCCCCCCCCC(=O)NCC(CC)(CCCCCCCCCCCCCC)C1=NCCN1. The molecule has 0 saturated heterocycles. The fraction of sp³-hybridized carbons (Fsp3) is 0.946. The maximum absolute atomic E-state index is 12.7. The maximum atomic E-state index is 12.7. The van der Waals surface area contributed by atoms with Crippen LogP contribution in [0.3, 0.4) is 0 Å². The van der Waals surface area contributed by atoms with Gasteiger partial charge in [-0.2, -0.15) is 0 Å². The minimum atomic E-state index is -0.0132. The van der Waals surface area contributed by atoms with Crippen molar-refractivity contribution in [2.75, 3.05) is 19.6 Å². The van der Waals surface area contributed by atoms with E-state index in [4.69, 9.17) is 4.99 Å². The van der Waals surface area contributed by atoms with E-state index in [-0.39, 0.29) is 11.3 Å². The minimum absolute atomic E-state index is 0.0132. The topological polar surface area (TPSA) is 53.5 Å². The van der Waals surface area contributed by atoms with E-state index in [0.29, 0.717) is 6.42 Å². The Hall–Kier alpha value is -1.06. The van der Waals surface area contributed by atoms with E-state index >= 15 is 0 Å². The van der Waals surface area contributed by atoms with Crippen LogP contribution >= 0.6 is 0 Å². The van der Waals surface area contributed by atoms with Gasteiger partial charge in [0.05, 0.1) is 6.54 Å². The number of amidine groups is 1. The van der Waals surface area contributed by atoms with Crippen LogP contribution in [0.25, 0.3) is 0 Å². The molecule has 242 valence electrons. The van der Waals surface area contributed by atoms with Crippen LogP contribution in [0, 0.1) is 5.41 Å². The molecule has 0 aromatic heterocycles. The Morgan fingerprint density at radius 1 is 0.634 bits per heavy atom. The number of carbonyl (C=O) groups is 1. The Kier molecular flexibility index (Phi) is 25.7. The molecule has 41 heavy (non-hydrogen) atoms. The molecule has 1 amide bonds. The predicted octanol–water partition coefficient (Wildman–Crippen LogP) is 11.1. The summed E-state index contributed by atoms with van der Waals surface area (Å²) in [6.45, 7) is 9.42. The lowest BCUT2D eigenvalue weighted by Gasteiger charge is -2.33. The molecular weight excluding hydrogens is 502 g/mol. The highest BCUT2D eigenvalue weighted by atomic mass is 16.1. The van der Waals surface area contributed by atoms with E-state index in [1.165, 1.54) is 154 Å². The van der Waals surface area contributed by atoms with Gasteiger partial charge in [-0.05, 0) is 19.3 Å². The first-order valence-corrected chi connectivity index (χ1v) is 18.7. The van der Waals surface area contributed by atoms with E-state index in [2.05, 4.69) is 31.4 Å². The van der Waals surface area contributed by atoms with Gasteiger partial charge in [-0.25, -0.2) is 0 Å². The van der Waals surface area contributed by atoms with Crippen molar-refractivity contribution in [3.05, 3.63) is 0 Å². The van der Waals surface area contributed by atoms with E-state index in [0.717, 1.165) is 44.7 Å². The second-order valence-electron chi connectivity index (χ2n) is 13.2. The Labute approximate surface area is 257 Å². The van der Waals surface area contributed by atoms with Crippen molar-refractivity contribution in [3.8, 4) is 0 Å². The first-order chi connectivity index (χ1) is 20.2. The number of nitrogens with one attached hydrogen (secondary N) is 2. The molecule has 4 nitrogen and oxygen atoms in total. The van der Waals surface area contributed by atoms with Crippen molar-refractivity contribution in [1.29, 1.82) is 0 Å². The van der Waals surface area contributed by atoms with Crippen LogP contribution in [0.2, 0.25) is 0 Å². The molecule has 1 aliphatic rings. The Morgan fingerprint density at radius 2 is 1.05 bits per heavy atom. The minimum Gasteiger partial charge on any atom is -0.371 e. The maximum Gasteiger partial charge on any atom is 0.220 e. The molecule has 1 unspecified atom stereocenters. The van der Waals surface area contributed by atoms with Crippen LogP contribution in [0.5, 0.6) is 0 Å². The highest BCUT2D eigenvalue weighted by molar-refractivity contribution is 5.90. The van der Waals surface area contributed by atoms with Gasteiger partial charge >= 0.3 is 0 Å². The van der Waals surface area contributed by atoms with Gasteiger partial charge in [0.2, 0.25) is 5.91 Å². The summed E-state index contributed by atoms with van der Waals surface area (Å²) < 4.78 is 0. The van der Waals surface area contributed by atoms with Crippen LogP contribution < -0.4 is 10.6 Å². The van der Waals surface area contributed by atoms with Crippen LogP contribution in [-0.4, -0.2) is 31.4 Å². The lowest BCUT2D eigenvalue weighted by Crippen LogP contribution is -2.47. The lowest BCUT2D eigenvalue weighted by molar-refractivity contribution is -0.121. The fourth-order valence-electron chi connectivity index (χ4n) is 6.48. The molecule has 0 aromatic rings. The standard InChI is InChI=1S/C37H73N3O/c1-4-7-9-11-13-15-17-19-20-22-24-26-28-30-35(41)40-34-37(6-3,36-38-32-33-39-36)31-29-27-25-23-21-18-16-14-12-10-8-5-2/h4-34H2,1-3H3,(H,38,39)(H,40,41). The molecule has 0 aromatic carbocycles. The molecule has 2 N–H and O–H groups in total. The third-order valence-corrected chi connectivity index (χ3v) is 9.49. The Bertz CT molecular complexity index is 619. The van der Waals surface area contributed by atoms with E-state index in [1.54, 1.807) is 0 Å². The van der Waals surface area contributed by atoms with Crippen molar-refractivity contribution in [3.63, 3.8) is 0 Å². The highest BCUT2D eigenvalue weighted by Crippen LogP contribution is 2.31. The third kappa shape index (κ3) is 20.5. The molecule has 0 aliphatic carbocycles. The molecule has 1 rings (SSSR count). The van der Waals surface area contributed by atoms with Crippen LogP contribution in [0.1, 0.15) is 201 Å². The summed E-state index contributed by atoms with van der Waals surface area (Å²) in [5.74, 6) is 1.39. The van der Waals surface area contributed by atoms with Crippen molar-refractivity contribution >= 4 is 11.7 Å². The average molecular weight is 576 g/mol. The zero-order valence-corrected chi connectivity index (χ0v) is 28.3. The quantitative estimate of drug-likeness (QED) is 0.0808. The van der Waals surface area contributed by atoms with E-state index in [9.17, 15) is 4.79 Å². The second-order valence-corrected chi connectivity index (χ2v) is 13.2. The lowest BCUT2D eigenvalue weighted by atomic mass is 9.78. The Balaban J connectivity index is 2.15. The Morgan fingerprint density at radius 3 is 1.44 bits per heavy atom. The number of amides is 1. The summed E-state index contributed by atoms with van der Waals surface area (Å²) in [6.07, 6.45) is 36.8. The van der Waals surface area contributed by atoms with Crippen molar-refractivity contribution < 1.29 is 4.79 Å². The highest BCUT2D eigenvalue weighted by Gasteiger charge is 2.35. The molecule has 0 saturated carbocycles. The first kappa shape index (κ1) is 38.0. The monoisotopic (exact) mass is 576 g/mol. The molecule has 1 aliphatic heterocycles. The smallest absolute Gasteiger partial charge is 0.220 e. The van der Waals surface area contributed by atoms with Gasteiger partial charge in [0.25, 0.3) is 0 Å². The number of nitrogens with zero attached hydrogens (tertiary/aromatic N) is 1. The van der Waals surface area contributed by atoms with Crippen LogP contribution in [0.4, 0.5) is 0 Å². The summed E-state index contributed by atoms with van der Waals surface area (Å²) in [4.78, 5) is 17.6. The van der Waals surface area contributed by atoms with Gasteiger partial charge in [0.1, 0.15) is 5.84 Å². The van der Waals surface area contributed by atoms with Gasteiger partial charge in [-0.3, -0.25) is 9.79 Å². The molecule has 1 heterocycles. The molecule has 4 heteroatoms. The van der Waals surface area contributed by atoms with Crippen molar-refractivity contribution in [2.45, 2.75) is 201 Å². The summed E-state index contributed by atoms with van der Waals surface area (Å²) in [6, 6.07) is 0. The zero-order valence-electron chi connectivity index (χ0n) is 28.3. The second kappa shape index (κ2) is 27.8. The number of carbonyl (C=O) groups excluding carboxylic acids is 1. The average Bonchev–Trinajstić information content (AvgIpc) is 3.53. The van der Waals surface area contributed by atoms with Gasteiger partial charge in [-0.15, -0.1) is 0 Å². The van der Waals surface area contributed by atoms with Gasteiger partial charge in [0, 0.05) is 24.9 Å². The number of hydrogen-bond donors (Lipinski definition) is 2.